The number of amides is 1. The number of rotatable bonds is 5. The van der Waals surface area contributed by atoms with E-state index in [1.165, 1.54) is 12.8 Å². The van der Waals surface area contributed by atoms with Crippen molar-refractivity contribution in [3.05, 3.63) is 0 Å². The number of aldehydes is 1. The summed E-state index contributed by atoms with van der Waals surface area (Å²) in [6.45, 7) is 8.17. The second kappa shape index (κ2) is 8.40. The first-order chi connectivity index (χ1) is 9.89. The molecule has 0 bridgehead atoms. The smallest absolute Gasteiger partial charge is 0.410 e. The molecule has 1 amide bonds. The van der Waals surface area contributed by atoms with Gasteiger partial charge >= 0.3 is 6.09 Å². The normalized spacial score (nSPS) is 18.7. The molecule has 1 aliphatic carbocycles. The maximum absolute atomic E-state index is 12.4. The van der Waals surface area contributed by atoms with Crippen LogP contribution in [0.15, 0.2) is 0 Å². The largest absolute Gasteiger partial charge is 0.444 e. The predicted molar refractivity (Wildman–Crippen MR) is 84.3 cm³/mol. The SMILES string of the molecule is CCCN(C(=O)OC(C)(C)C)C(C=O)C1CCCCCC1. The van der Waals surface area contributed by atoms with Crippen molar-refractivity contribution in [3.63, 3.8) is 0 Å². The quantitative estimate of drug-likeness (QED) is 0.565. The van der Waals surface area contributed by atoms with Gasteiger partial charge in [0.05, 0.1) is 6.04 Å². The summed E-state index contributed by atoms with van der Waals surface area (Å²) in [5.74, 6) is 0.282. The third kappa shape index (κ3) is 6.06. The van der Waals surface area contributed by atoms with Crippen molar-refractivity contribution in [2.75, 3.05) is 6.54 Å². The van der Waals surface area contributed by atoms with Gasteiger partial charge in [0.1, 0.15) is 11.9 Å². The third-order valence-electron chi connectivity index (χ3n) is 3.97. The van der Waals surface area contributed by atoms with Crippen LogP contribution in [0.4, 0.5) is 4.79 Å². The highest BCUT2D eigenvalue weighted by Crippen LogP contribution is 2.28. The Kier molecular flexibility index (Phi) is 7.20. The number of carbonyl (C=O) groups excluding carboxylic acids is 2. The van der Waals surface area contributed by atoms with Crippen LogP contribution in [0.5, 0.6) is 0 Å². The topological polar surface area (TPSA) is 46.6 Å². The Hall–Kier alpha value is -1.06. The van der Waals surface area contributed by atoms with Crippen molar-refractivity contribution in [3.8, 4) is 0 Å². The molecule has 1 saturated carbocycles. The van der Waals surface area contributed by atoms with Crippen LogP contribution in [0.1, 0.15) is 72.6 Å². The third-order valence-corrected chi connectivity index (χ3v) is 3.97. The van der Waals surface area contributed by atoms with Gasteiger partial charge in [0.15, 0.2) is 0 Å². The van der Waals surface area contributed by atoms with Gasteiger partial charge in [-0.1, -0.05) is 32.6 Å². The molecule has 1 atom stereocenters. The highest BCUT2D eigenvalue weighted by Gasteiger charge is 2.33. The number of ether oxygens (including phenoxy) is 1. The van der Waals surface area contributed by atoms with Crippen molar-refractivity contribution >= 4 is 12.4 Å². The Morgan fingerprint density at radius 1 is 1.24 bits per heavy atom. The highest BCUT2D eigenvalue weighted by molar-refractivity contribution is 5.74. The van der Waals surface area contributed by atoms with E-state index in [9.17, 15) is 9.59 Å². The summed E-state index contributed by atoms with van der Waals surface area (Å²) in [5.41, 5.74) is -0.528. The average Bonchev–Trinajstić information content (AvgIpc) is 2.65. The molecule has 1 aliphatic rings. The lowest BCUT2D eigenvalue weighted by atomic mass is 9.91. The molecule has 0 saturated heterocycles. The van der Waals surface area contributed by atoms with Crippen LogP contribution in [-0.4, -0.2) is 35.5 Å². The predicted octanol–water partition coefficient (Wildman–Crippen LogP) is 4.17. The summed E-state index contributed by atoms with van der Waals surface area (Å²) < 4.78 is 5.49. The van der Waals surface area contributed by atoms with Gasteiger partial charge in [-0.25, -0.2) is 4.79 Å². The van der Waals surface area contributed by atoms with Gasteiger partial charge in [0.25, 0.3) is 0 Å². The van der Waals surface area contributed by atoms with Crippen molar-refractivity contribution < 1.29 is 14.3 Å². The minimum Gasteiger partial charge on any atom is -0.444 e. The Labute approximate surface area is 129 Å². The molecule has 122 valence electrons. The first-order valence-corrected chi connectivity index (χ1v) is 8.34. The van der Waals surface area contributed by atoms with E-state index in [2.05, 4.69) is 0 Å². The van der Waals surface area contributed by atoms with Crippen molar-refractivity contribution in [1.82, 2.24) is 4.90 Å². The minimum absolute atomic E-state index is 0.282. The van der Waals surface area contributed by atoms with E-state index in [4.69, 9.17) is 4.74 Å². The standard InChI is InChI=1S/C17H31NO3/c1-5-12-18(16(20)21-17(2,3)4)15(13-19)14-10-8-6-7-9-11-14/h13-15H,5-12H2,1-4H3. The summed E-state index contributed by atoms with van der Waals surface area (Å²) in [7, 11) is 0. The molecule has 0 N–H and O–H groups in total. The molecule has 1 fully saturated rings. The molecule has 0 aromatic rings. The number of carbonyl (C=O) groups is 2. The van der Waals surface area contributed by atoms with Crippen LogP contribution in [0.3, 0.4) is 0 Å². The lowest BCUT2D eigenvalue weighted by Crippen LogP contribution is -2.48. The van der Waals surface area contributed by atoms with Crippen LogP contribution in [0, 0.1) is 5.92 Å². The molecule has 0 aromatic heterocycles. The van der Waals surface area contributed by atoms with E-state index in [-0.39, 0.29) is 18.1 Å². The van der Waals surface area contributed by atoms with Gasteiger partial charge in [-0.15, -0.1) is 0 Å². The van der Waals surface area contributed by atoms with Crippen LogP contribution in [0.25, 0.3) is 0 Å². The van der Waals surface area contributed by atoms with E-state index in [1.807, 2.05) is 27.7 Å². The summed E-state index contributed by atoms with van der Waals surface area (Å²) in [6.07, 6.45) is 8.28. The molecule has 0 spiro atoms. The summed E-state index contributed by atoms with van der Waals surface area (Å²) in [4.78, 5) is 25.7. The molecular formula is C17H31NO3. The molecule has 1 unspecified atom stereocenters. The van der Waals surface area contributed by atoms with Crippen LogP contribution in [-0.2, 0) is 9.53 Å². The fraction of sp³-hybridized carbons (Fsp3) is 0.882. The first-order valence-electron chi connectivity index (χ1n) is 8.34. The second-order valence-electron chi connectivity index (χ2n) is 7.05. The average molecular weight is 297 g/mol. The van der Waals surface area contributed by atoms with Gasteiger partial charge in [-0.05, 0) is 46.0 Å². The summed E-state index contributed by atoms with van der Waals surface area (Å²) >= 11 is 0. The van der Waals surface area contributed by atoms with E-state index >= 15 is 0 Å². The van der Waals surface area contributed by atoms with E-state index in [0.29, 0.717) is 6.54 Å². The minimum atomic E-state index is -0.528. The molecule has 0 aromatic carbocycles. The first kappa shape index (κ1) is 18.0. The zero-order valence-corrected chi connectivity index (χ0v) is 14.1. The second-order valence-corrected chi connectivity index (χ2v) is 7.05. The van der Waals surface area contributed by atoms with Gasteiger partial charge in [-0.2, -0.15) is 0 Å². The Balaban J connectivity index is 2.83. The van der Waals surface area contributed by atoms with E-state index in [0.717, 1.165) is 38.4 Å². The monoisotopic (exact) mass is 297 g/mol. The molecule has 4 heteroatoms. The molecule has 0 aliphatic heterocycles. The molecule has 0 heterocycles. The Morgan fingerprint density at radius 3 is 2.24 bits per heavy atom. The number of hydrogen-bond donors (Lipinski definition) is 0. The summed E-state index contributed by atoms with van der Waals surface area (Å²) in [5, 5.41) is 0. The zero-order chi connectivity index (χ0) is 15.9. The lowest BCUT2D eigenvalue weighted by molar-refractivity contribution is -0.114. The maximum Gasteiger partial charge on any atom is 0.410 e. The molecule has 0 radical (unpaired) electrons. The maximum atomic E-state index is 12.4. The van der Waals surface area contributed by atoms with Crippen molar-refractivity contribution in [1.29, 1.82) is 0 Å². The number of hydrogen-bond acceptors (Lipinski definition) is 3. The van der Waals surface area contributed by atoms with Crippen LogP contribution < -0.4 is 0 Å². The van der Waals surface area contributed by atoms with Crippen molar-refractivity contribution in [2.45, 2.75) is 84.3 Å². The van der Waals surface area contributed by atoms with Gasteiger partial charge in [0, 0.05) is 6.54 Å². The number of nitrogens with zero attached hydrogens (tertiary/aromatic N) is 1. The van der Waals surface area contributed by atoms with Crippen LogP contribution in [0.2, 0.25) is 0 Å². The lowest BCUT2D eigenvalue weighted by Gasteiger charge is -2.34. The Bertz CT molecular complexity index is 327. The fourth-order valence-electron chi connectivity index (χ4n) is 3.02. The highest BCUT2D eigenvalue weighted by atomic mass is 16.6. The molecular weight excluding hydrogens is 266 g/mol. The van der Waals surface area contributed by atoms with E-state index < -0.39 is 5.60 Å². The molecule has 21 heavy (non-hydrogen) atoms. The zero-order valence-electron chi connectivity index (χ0n) is 14.1. The Morgan fingerprint density at radius 2 is 1.81 bits per heavy atom. The summed E-state index contributed by atoms with van der Waals surface area (Å²) in [6, 6.07) is -0.335. The van der Waals surface area contributed by atoms with Gasteiger partial charge in [-0.3, -0.25) is 4.90 Å². The molecule has 4 nitrogen and oxygen atoms in total. The van der Waals surface area contributed by atoms with Crippen LogP contribution >= 0.6 is 0 Å². The fourth-order valence-corrected chi connectivity index (χ4v) is 3.02. The van der Waals surface area contributed by atoms with Gasteiger partial charge < -0.3 is 9.53 Å². The van der Waals surface area contributed by atoms with Gasteiger partial charge in [0.2, 0.25) is 0 Å². The van der Waals surface area contributed by atoms with Crippen molar-refractivity contribution in [2.24, 2.45) is 5.92 Å². The van der Waals surface area contributed by atoms with E-state index in [1.54, 1.807) is 4.90 Å². The molecule has 1 rings (SSSR count).